The number of carbonyl (C=O) groups is 1. The van der Waals surface area contributed by atoms with Crippen LogP contribution in [0.1, 0.15) is 6.42 Å². The fourth-order valence-corrected chi connectivity index (χ4v) is 3.58. The number of rotatable bonds is 3. The van der Waals surface area contributed by atoms with Crippen LogP contribution in [0.3, 0.4) is 0 Å². The minimum atomic E-state index is -3.09. The maximum absolute atomic E-state index is 11.7. The summed E-state index contributed by atoms with van der Waals surface area (Å²) in [6.07, 6.45) is 1.76. The topological polar surface area (TPSA) is 63.2 Å². The number of benzene rings is 1. The lowest BCUT2D eigenvalue weighted by Crippen LogP contribution is -2.17. The Morgan fingerprint density at radius 2 is 2.22 bits per heavy atom. The number of hydrogen-bond donors (Lipinski definition) is 1. The molecular formula is C12H12BrNO3S. The van der Waals surface area contributed by atoms with Gasteiger partial charge in [0.1, 0.15) is 0 Å². The van der Waals surface area contributed by atoms with Crippen LogP contribution in [0.5, 0.6) is 0 Å². The highest BCUT2D eigenvalue weighted by Crippen LogP contribution is 2.20. The molecule has 1 aliphatic rings. The van der Waals surface area contributed by atoms with Crippen molar-refractivity contribution in [3.05, 3.63) is 40.2 Å². The summed E-state index contributed by atoms with van der Waals surface area (Å²) < 4.78 is 23.3. The van der Waals surface area contributed by atoms with Gasteiger partial charge in [-0.25, -0.2) is 8.42 Å². The first-order valence-corrected chi connectivity index (χ1v) is 7.92. The molecule has 18 heavy (non-hydrogen) atoms. The maximum Gasteiger partial charge on any atom is 0.224 e. The van der Waals surface area contributed by atoms with Crippen molar-refractivity contribution in [2.75, 3.05) is 11.1 Å². The SMILES string of the molecule is O=C(CC1C=CS(=O)(=O)C1)Nc1cccc(Br)c1. The van der Waals surface area contributed by atoms with Gasteiger partial charge in [0, 0.05) is 27.9 Å². The molecule has 0 fully saturated rings. The van der Waals surface area contributed by atoms with Crippen molar-refractivity contribution in [3.8, 4) is 0 Å². The van der Waals surface area contributed by atoms with Crippen molar-refractivity contribution >= 4 is 37.4 Å². The van der Waals surface area contributed by atoms with Gasteiger partial charge in [-0.15, -0.1) is 0 Å². The Morgan fingerprint density at radius 3 is 2.83 bits per heavy atom. The molecule has 1 amide bonds. The first-order valence-electron chi connectivity index (χ1n) is 5.41. The van der Waals surface area contributed by atoms with Crippen molar-refractivity contribution in [1.29, 1.82) is 0 Å². The maximum atomic E-state index is 11.7. The van der Waals surface area contributed by atoms with Crippen molar-refractivity contribution in [2.24, 2.45) is 5.92 Å². The van der Waals surface area contributed by atoms with Gasteiger partial charge in [0.25, 0.3) is 0 Å². The summed E-state index contributed by atoms with van der Waals surface area (Å²) in [5.74, 6) is -0.374. The molecule has 0 bridgehead atoms. The lowest BCUT2D eigenvalue weighted by molar-refractivity contribution is -0.116. The Bertz CT molecular complexity index is 595. The highest BCUT2D eigenvalue weighted by Gasteiger charge is 2.23. The molecule has 0 saturated carbocycles. The normalized spacial score (nSPS) is 20.8. The summed E-state index contributed by atoms with van der Waals surface area (Å²) in [4.78, 5) is 11.7. The molecule has 1 unspecified atom stereocenters. The van der Waals surface area contributed by atoms with E-state index in [2.05, 4.69) is 21.2 Å². The minimum absolute atomic E-state index is 0.0267. The van der Waals surface area contributed by atoms with Crippen molar-refractivity contribution < 1.29 is 13.2 Å². The molecule has 96 valence electrons. The van der Waals surface area contributed by atoms with E-state index in [4.69, 9.17) is 0 Å². The van der Waals surface area contributed by atoms with Crippen molar-refractivity contribution in [2.45, 2.75) is 6.42 Å². The van der Waals surface area contributed by atoms with Gasteiger partial charge in [-0.2, -0.15) is 0 Å². The largest absolute Gasteiger partial charge is 0.326 e. The second-order valence-electron chi connectivity index (χ2n) is 4.18. The zero-order valence-corrected chi connectivity index (χ0v) is 11.9. The molecule has 0 saturated heterocycles. The number of amides is 1. The fraction of sp³-hybridized carbons (Fsp3) is 0.250. The third-order valence-electron chi connectivity index (χ3n) is 2.56. The van der Waals surface area contributed by atoms with Crippen LogP contribution in [0.4, 0.5) is 5.69 Å². The number of allylic oxidation sites excluding steroid dienone is 1. The minimum Gasteiger partial charge on any atom is -0.326 e. The zero-order chi connectivity index (χ0) is 13.2. The van der Waals surface area contributed by atoms with Gasteiger partial charge in [0.2, 0.25) is 5.91 Å². The van der Waals surface area contributed by atoms with Crippen LogP contribution in [0.15, 0.2) is 40.2 Å². The fourth-order valence-electron chi connectivity index (χ4n) is 1.78. The highest BCUT2D eigenvalue weighted by molar-refractivity contribution is 9.10. The van der Waals surface area contributed by atoms with Crippen LogP contribution < -0.4 is 5.32 Å². The molecule has 6 heteroatoms. The third kappa shape index (κ3) is 3.68. The van der Waals surface area contributed by atoms with Gasteiger partial charge in [-0.05, 0) is 18.2 Å². The standard InChI is InChI=1S/C12H12BrNO3S/c13-10-2-1-3-11(7-10)14-12(15)6-9-4-5-18(16,17)8-9/h1-5,7,9H,6,8H2,(H,14,15). The zero-order valence-electron chi connectivity index (χ0n) is 9.47. The molecule has 0 radical (unpaired) electrons. The summed E-state index contributed by atoms with van der Waals surface area (Å²) in [5, 5.41) is 3.92. The molecule has 0 aromatic heterocycles. The Hall–Kier alpha value is -1.14. The van der Waals surface area contributed by atoms with E-state index in [1.807, 2.05) is 12.1 Å². The second-order valence-corrected chi connectivity index (χ2v) is 7.03. The van der Waals surface area contributed by atoms with Crippen LogP contribution in [-0.2, 0) is 14.6 Å². The Labute approximate surface area is 114 Å². The van der Waals surface area contributed by atoms with Gasteiger partial charge < -0.3 is 5.32 Å². The highest BCUT2D eigenvalue weighted by atomic mass is 79.9. The lowest BCUT2D eigenvalue weighted by Gasteiger charge is -2.08. The van der Waals surface area contributed by atoms with E-state index in [1.54, 1.807) is 18.2 Å². The van der Waals surface area contributed by atoms with Gasteiger partial charge in [0.15, 0.2) is 9.84 Å². The molecular weight excluding hydrogens is 318 g/mol. The summed E-state index contributed by atoms with van der Waals surface area (Å²) in [7, 11) is -3.09. The lowest BCUT2D eigenvalue weighted by atomic mass is 10.1. The second kappa shape index (κ2) is 5.24. The molecule has 0 spiro atoms. The number of halogens is 1. The first-order chi connectivity index (χ1) is 8.44. The molecule has 1 N–H and O–H groups in total. The number of carbonyl (C=O) groups excluding carboxylic acids is 1. The van der Waals surface area contributed by atoms with Gasteiger partial charge in [-0.3, -0.25) is 4.79 Å². The molecule has 1 aromatic carbocycles. The van der Waals surface area contributed by atoms with E-state index in [0.717, 1.165) is 4.47 Å². The van der Waals surface area contributed by atoms with E-state index in [1.165, 1.54) is 5.41 Å². The predicted octanol–water partition coefficient (Wildman–Crippen LogP) is 2.34. The Morgan fingerprint density at radius 1 is 1.44 bits per heavy atom. The van der Waals surface area contributed by atoms with Crippen molar-refractivity contribution in [3.63, 3.8) is 0 Å². The van der Waals surface area contributed by atoms with Crippen LogP contribution >= 0.6 is 15.9 Å². The van der Waals surface area contributed by atoms with E-state index in [0.29, 0.717) is 5.69 Å². The molecule has 2 rings (SSSR count). The number of nitrogens with one attached hydrogen (secondary N) is 1. The summed E-state index contributed by atoms with van der Waals surface area (Å²) in [6.45, 7) is 0. The van der Waals surface area contributed by atoms with Gasteiger partial charge in [0.05, 0.1) is 5.75 Å². The number of hydrogen-bond acceptors (Lipinski definition) is 3. The molecule has 1 aromatic rings. The van der Waals surface area contributed by atoms with Crippen LogP contribution in [-0.4, -0.2) is 20.1 Å². The quantitative estimate of drug-likeness (QED) is 0.925. The van der Waals surface area contributed by atoms with Crippen molar-refractivity contribution in [1.82, 2.24) is 0 Å². The average molecular weight is 330 g/mol. The van der Waals surface area contributed by atoms with Gasteiger partial charge >= 0.3 is 0 Å². The summed E-state index contributed by atoms with van der Waals surface area (Å²) in [5.41, 5.74) is 0.694. The smallest absolute Gasteiger partial charge is 0.224 e. The van der Waals surface area contributed by atoms with E-state index < -0.39 is 9.84 Å². The molecule has 1 heterocycles. The molecule has 4 nitrogen and oxygen atoms in total. The number of sulfone groups is 1. The van der Waals surface area contributed by atoms with Gasteiger partial charge in [-0.1, -0.05) is 28.1 Å². The van der Waals surface area contributed by atoms with E-state index >= 15 is 0 Å². The average Bonchev–Trinajstić information content (AvgIpc) is 2.57. The summed E-state index contributed by atoms with van der Waals surface area (Å²) >= 11 is 3.31. The predicted molar refractivity (Wildman–Crippen MR) is 73.8 cm³/mol. The summed E-state index contributed by atoms with van der Waals surface area (Å²) in [6, 6.07) is 7.25. The number of anilines is 1. The molecule has 1 atom stereocenters. The third-order valence-corrected chi connectivity index (χ3v) is 4.52. The molecule has 0 aliphatic carbocycles. The van der Waals surface area contributed by atoms with Crippen LogP contribution in [0.25, 0.3) is 0 Å². The van der Waals surface area contributed by atoms with E-state index in [-0.39, 0.29) is 24.0 Å². The Balaban J connectivity index is 1.92. The monoisotopic (exact) mass is 329 g/mol. The van der Waals surface area contributed by atoms with E-state index in [9.17, 15) is 13.2 Å². The van der Waals surface area contributed by atoms with Crippen LogP contribution in [0.2, 0.25) is 0 Å². The Kier molecular flexibility index (Phi) is 3.87. The van der Waals surface area contributed by atoms with Crippen LogP contribution in [0, 0.1) is 5.92 Å². The first kappa shape index (κ1) is 13.3. The molecule has 1 aliphatic heterocycles.